The van der Waals surface area contributed by atoms with Crippen LogP contribution >= 0.6 is 0 Å². The van der Waals surface area contributed by atoms with E-state index in [1.165, 1.54) is 0 Å². The number of hydrogen-bond acceptors (Lipinski definition) is 3. The highest BCUT2D eigenvalue weighted by atomic mass is 16.5. The highest BCUT2D eigenvalue weighted by Gasteiger charge is 1.98. The summed E-state index contributed by atoms with van der Waals surface area (Å²) in [6.07, 6.45) is 7.83. The van der Waals surface area contributed by atoms with Gasteiger partial charge in [-0.15, -0.1) is 0 Å². The van der Waals surface area contributed by atoms with Crippen LogP contribution in [-0.4, -0.2) is 22.3 Å². The maximum atomic E-state index is 9.11. The molecule has 1 heterocycles. The predicted molar refractivity (Wildman–Crippen MR) is 65.3 cm³/mol. The Balaban J connectivity index is 2.63. The van der Waals surface area contributed by atoms with E-state index in [0.717, 1.165) is 11.3 Å². The van der Waals surface area contributed by atoms with Crippen molar-refractivity contribution in [3.05, 3.63) is 30.1 Å². The van der Waals surface area contributed by atoms with Crippen LogP contribution in [0, 0.1) is 0 Å². The van der Waals surface area contributed by atoms with Crippen LogP contribution in [0.4, 0.5) is 0 Å². The average Bonchev–Trinajstić information content (AvgIpc) is 2.16. The van der Waals surface area contributed by atoms with Gasteiger partial charge in [-0.3, -0.25) is 4.98 Å². The summed E-state index contributed by atoms with van der Waals surface area (Å²) in [6.45, 7) is 5.73. The van der Waals surface area contributed by atoms with E-state index in [1.54, 1.807) is 19.3 Å². The van der Waals surface area contributed by atoms with E-state index in [4.69, 9.17) is 9.84 Å². The second-order valence-corrected chi connectivity index (χ2v) is 4.11. The van der Waals surface area contributed by atoms with Crippen molar-refractivity contribution in [1.29, 1.82) is 0 Å². The van der Waals surface area contributed by atoms with Gasteiger partial charge in [0.1, 0.15) is 5.75 Å². The molecular weight excluding hydrogens is 202 g/mol. The second kappa shape index (κ2) is 6.28. The summed E-state index contributed by atoms with van der Waals surface area (Å²) < 4.78 is 5.54. The Bertz CT molecular complexity index is 346. The van der Waals surface area contributed by atoms with Gasteiger partial charge < -0.3 is 9.84 Å². The van der Waals surface area contributed by atoms with Gasteiger partial charge in [0.05, 0.1) is 18.4 Å². The molecule has 3 heteroatoms. The molecule has 1 aromatic rings. The lowest BCUT2D eigenvalue weighted by Crippen LogP contribution is -2.05. The summed E-state index contributed by atoms with van der Waals surface area (Å²) in [5, 5.41) is 9.11. The largest absolute Gasteiger partial charge is 0.489 e. The van der Waals surface area contributed by atoms with E-state index in [9.17, 15) is 0 Å². The number of rotatable bonds is 5. The summed E-state index contributed by atoms with van der Waals surface area (Å²) in [5.41, 5.74) is 0.985. The maximum absolute atomic E-state index is 9.11. The molecule has 3 nitrogen and oxygen atoms in total. The Labute approximate surface area is 96.8 Å². The molecule has 1 aromatic heterocycles. The Morgan fingerprint density at radius 3 is 2.75 bits per heavy atom. The number of hydrogen-bond donors (Lipinski definition) is 1. The molecule has 0 aliphatic rings. The van der Waals surface area contributed by atoms with E-state index < -0.39 is 0 Å². The van der Waals surface area contributed by atoms with Gasteiger partial charge in [-0.25, -0.2) is 0 Å². The van der Waals surface area contributed by atoms with Gasteiger partial charge >= 0.3 is 0 Å². The Kier molecular flexibility index (Phi) is 4.99. The fraction of sp³-hybridized carbons (Fsp3) is 0.462. The number of aliphatic hydroxyl groups is 1. The molecular formula is C13H19NO2. The van der Waals surface area contributed by atoms with Crippen LogP contribution in [0.15, 0.2) is 24.5 Å². The van der Waals surface area contributed by atoms with Crippen LogP contribution in [-0.2, 0) is 0 Å². The fourth-order valence-corrected chi connectivity index (χ4v) is 1.26. The van der Waals surface area contributed by atoms with Gasteiger partial charge in [0.15, 0.2) is 0 Å². The molecule has 1 N–H and O–H groups in total. The van der Waals surface area contributed by atoms with Gasteiger partial charge in [0.2, 0.25) is 0 Å². The Hall–Kier alpha value is -1.35. The average molecular weight is 221 g/mol. The zero-order chi connectivity index (χ0) is 12.0. The maximum Gasteiger partial charge on any atom is 0.138 e. The van der Waals surface area contributed by atoms with Crippen molar-refractivity contribution in [3.63, 3.8) is 0 Å². The van der Waals surface area contributed by atoms with Crippen molar-refractivity contribution >= 4 is 6.08 Å². The molecule has 0 bridgehead atoms. The van der Waals surface area contributed by atoms with Crippen LogP contribution in [0.3, 0.4) is 0 Å². The lowest BCUT2D eigenvalue weighted by Gasteiger charge is -2.09. The zero-order valence-corrected chi connectivity index (χ0v) is 10.1. The zero-order valence-electron chi connectivity index (χ0n) is 10.1. The van der Waals surface area contributed by atoms with Crippen molar-refractivity contribution in [1.82, 2.24) is 4.98 Å². The van der Waals surface area contributed by atoms with E-state index >= 15 is 0 Å². The third-order valence-electron chi connectivity index (χ3n) is 1.89. The summed E-state index contributed by atoms with van der Waals surface area (Å²) in [4.78, 5) is 4.10. The first-order valence-corrected chi connectivity index (χ1v) is 5.54. The lowest BCUT2D eigenvalue weighted by molar-refractivity contribution is 0.199. The molecule has 0 aliphatic carbocycles. The van der Waals surface area contributed by atoms with Gasteiger partial charge in [-0.2, -0.15) is 0 Å². The minimum Gasteiger partial charge on any atom is -0.489 e. The van der Waals surface area contributed by atoms with Gasteiger partial charge in [-0.05, 0) is 38.8 Å². The molecule has 1 rings (SSSR count). The lowest BCUT2D eigenvalue weighted by atomic mass is 10.2. The Morgan fingerprint density at radius 1 is 1.38 bits per heavy atom. The molecule has 0 aliphatic heterocycles. The number of pyridine rings is 1. The van der Waals surface area contributed by atoms with Crippen LogP contribution in [0.25, 0.3) is 6.08 Å². The molecule has 1 atom stereocenters. The standard InChI is InChI=1S/C13H19NO2/c1-10(2)16-13-7-12(8-14-9-13)6-4-5-11(3)15/h4,6-11,15H,5H2,1-3H3/t11-/m1/s1. The minimum atomic E-state index is -0.306. The molecule has 16 heavy (non-hydrogen) atoms. The van der Waals surface area contributed by atoms with E-state index in [2.05, 4.69) is 4.98 Å². The van der Waals surface area contributed by atoms with Crippen molar-refractivity contribution in [3.8, 4) is 5.75 Å². The molecule has 88 valence electrons. The summed E-state index contributed by atoms with van der Waals surface area (Å²) in [6, 6.07) is 1.94. The molecule has 0 saturated carbocycles. The normalized spacial score (nSPS) is 13.3. The summed E-state index contributed by atoms with van der Waals surface area (Å²) in [7, 11) is 0. The highest BCUT2D eigenvalue weighted by molar-refractivity contribution is 5.49. The molecule has 0 saturated heterocycles. The molecule has 0 amide bonds. The first-order chi connectivity index (χ1) is 7.58. The number of ether oxygens (including phenoxy) is 1. The van der Waals surface area contributed by atoms with Crippen LogP contribution in [0.5, 0.6) is 5.75 Å². The quantitative estimate of drug-likeness (QED) is 0.831. The van der Waals surface area contributed by atoms with Crippen molar-refractivity contribution < 1.29 is 9.84 Å². The SMILES string of the molecule is CC(C)Oc1cncc(C=CC[C@@H](C)O)c1. The number of aromatic nitrogens is 1. The molecule has 0 unspecified atom stereocenters. The van der Waals surface area contributed by atoms with Gasteiger partial charge in [0, 0.05) is 6.20 Å². The third-order valence-corrected chi connectivity index (χ3v) is 1.89. The summed E-state index contributed by atoms with van der Waals surface area (Å²) in [5.74, 6) is 0.772. The predicted octanol–water partition coefficient (Wildman–Crippen LogP) is 2.65. The smallest absolute Gasteiger partial charge is 0.138 e. The molecule has 0 fully saturated rings. The molecule has 0 spiro atoms. The fourth-order valence-electron chi connectivity index (χ4n) is 1.26. The summed E-state index contributed by atoms with van der Waals surface area (Å²) >= 11 is 0. The van der Waals surface area contributed by atoms with Crippen LogP contribution in [0.1, 0.15) is 32.8 Å². The topological polar surface area (TPSA) is 42.4 Å². The number of nitrogens with zero attached hydrogens (tertiary/aromatic N) is 1. The van der Waals surface area contributed by atoms with Gasteiger partial charge in [0.25, 0.3) is 0 Å². The first-order valence-electron chi connectivity index (χ1n) is 5.54. The number of aliphatic hydroxyl groups excluding tert-OH is 1. The third kappa shape index (κ3) is 4.94. The van der Waals surface area contributed by atoms with Crippen molar-refractivity contribution in [2.24, 2.45) is 0 Å². The second-order valence-electron chi connectivity index (χ2n) is 4.11. The van der Waals surface area contributed by atoms with E-state index in [0.29, 0.717) is 6.42 Å². The molecule has 0 aromatic carbocycles. The van der Waals surface area contributed by atoms with E-state index in [-0.39, 0.29) is 12.2 Å². The van der Waals surface area contributed by atoms with Crippen molar-refractivity contribution in [2.45, 2.75) is 39.4 Å². The van der Waals surface area contributed by atoms with Crippen molar-refractivity contribution in [2.75, 3.05) is 0 Å². The van der Waals surface area contributed by atoms with E-state index in [1.807, 2.05) is 32.1 Å². The van der Waals surface area contributed by atoms with Crippen LogP contribution < -0.4 is 4.74 Å². The monoisotopic (exact) mass is 221 g/mol. The minimum absolute atomic E-state index is 0.151. The van der Waals surface area contributed by atoms with Crippen LogP contribution in [0.2, 0.25) is 0 Å². The van der Waals surface area contributed by atoms with Gasteiger partial charge in [-0.1, -0.05) is 12.2 Å². The first kappa shape index (κ1) is 12.7. The molecule has 0 radical (unpaired) electrons. The Morgan fingerprint density at radius 2 is 2.12 bits per heavy atom. The highest BCUT2D eigenvalue weighted by Crippen LogP contribution is 2.14.